The molecule has 0 aliphatic rings. The first-order valence-corrected chi connectivity index (χ1v) is 8.96. The molecular weight excluding hydrogens is 326 g/mol. The summed E-state index contributed by atoms with van der Waals surface area (Å²) in [5.41, 5.74) is 6.93. The first kappa shape index (κ1) is 16.0. The standard InChI is InChI=1S/C13H15N3O2S3/c1-9-16-11(8-20-9)5-6-15-21(17,18)12-4-2-3-10(7-12)13(14)19/h2-4,7-8,15H,5-6H2,1H3,(H2,14,19). The quantitative estimate of drug-likeness (QED) is 0.780. The molecule has 0 spiro atoms. The lowest BCUT2D eigenvalue weighted by Gasteiger charge is -2.07. The molecule has 1 heterocycles. The summed E-state index contributed by atoms with van der Waals surface area (Å²) in [7, 11) is -3.57. The van der Waals surface area contributed by atoms with Crippen molar-refractivity contribution in [3.63, 3.8) is 0 Å². The van der Waals surface area contributed by atoms with E-state index in [4.69, 9.17) is 18.0 Å². The van der Waals surface area contributed by atoms with Gasteiger partial charge in [-0.2, -0.15) is 0 Å². The third-order valence-corrected chi connectivity index (χ3v) is 5.29. The molecule has 1 aromatic heterocycles. The van der Waals surface area contributed by atoms with Crippen LogP contribution in [-0.2, 0) is 16.4 Å². The molecular formula is C13H15N3O2S3. The summed E-state index contributed by atoms with van der Waals surface area (Å²) < 4.78 is 26.9. The van der Waals surface area contributed by atoms with E-state index in [0.29, 0.717) is 18.5 Å². The van der Waals surface area contributed by atoms with Crippen molar-refractivity contribution in [1.29, 1.82) is 0 Å². The maximum Gasteiger partial charge on any atom is 0.240 e. The molecule has 0 unspecified atom stereocenters. The van der Waals surface area contributed by atoms with Crippen LogP contribution in [0.4, 0.5) is 0 Å². The van der Waals surface area contributed by atoms with Crippen molar-refractivity contribution in [2.75, 3.05) is 6.54 Å². The normalized spacial score (nSPS) is 11.5. The van der Waals surface area contributed by atoms with Crippen LogP contribution in [0.5, 0.6) is 0 Å². The lowest BCUT2D eigenvalue weighted by molar-refractivity contribution is 0.581. The van der Waals surface area contributed by atoms with Gasteiger partial charge in [-0.1, -0.05) is 24.4 Å². The maximum absolute atomic E-state index is 12.2. The van der Waals surface area contributed by atoms with E-state index in [1.165, 1.54) is 12.1 Å². The number of nitrogens with zero attached hydrogens (tertiary/aromatic N) is 1. The van der Waals surface area contributed by atoms with E-state index < -0.39 is 10.0 Å². The number of hydrogen-bond acceptors (Lipinski definition) is 5. The summed E-state index contributed by atoms with van der Waals surface area (Å²) in [6, 6.07) is 6.28. The molecule has 2 aromatic rings. The van der Waals surface area contributed by atoms with Crippen molar-refractivity contribution in [2.45, 2.75) is 18.2 Å². The maximum atomic E-state index is 12.2. The Morgan fingerprint density at radius 3 is 2.86 bits per heavy atom. The van der Waals surface area contributed by atoms with Gasteiger partial charge in [0.25, 0.3) is 0 Å². The Balaban J connectivity index is 2.04. The first-order chi connectivity index (χ1) is 9.88. The zero-order chi connectivity index (χ0) is 15.5. The number of thiazole rings is 1. The Morgan fingerprint density at radius 1 is 1.48 bits per heavy atom. The molecule has 112 valence electrons. The van der Waals surface area contributed by atoms with Crippen LogP contribution in [0.2, 0.25) is 0 Å². The van der Waals surface area contributed by atoms with E-state index in [-0.39, 0.29) is 9.88 Å². The average Bonchev–Trinajstić information content (AvgIpc) is 2.84. The van der Waals surface area contributed by atoms with Crippen LogP contribution in [-0.4, -0.2) is 24.9 Å². The first-order valence-electron chi connectivity index (χ1n) is 6.19. The summed E-state index contributed by atoms with van der Waals surface area (Å²) in [6.07, 6.45) is 0.554. The summed E-state index contributed by atoms with van der Waals surface area (Å²) in [5, 5.41) is 2.90. The predicted molar refractivity (Wildman–Crippen MR) is 88.1 cm³/mol. The Morgan fingerprint density at radius 2 is 2.24 bits per heavy atom. The highest BCUT2D eigenvalue weighted by atomic mass is 32.2. The van der Waals surface area contributed by atoms with Crippen LogP contribution in [0.25, 0.3) is 0 Å². The molecule has 0 radical (unpaired) electrons. The van der Waals surface area contributed by atoms with Crippen molar-refractivity contribution in [1.82, 2.24) is 9.71 Å². The topological polar surface area (TPSA) is 85.1 Å². The second-order valence-corrected chi connectivity index (χ2v) is 7.67. The Labute approximate surface area is 133 Å². The predicted octanol–water partition coefficient (Wildman–Crippen LogP) is 1.61. The Hall–Kier alpha value is -1.35. The summed E-state index contributed by atoms with van der Waals surface area (Å²) in [6.45, 7) is 2.21. The van der Waals surface area contributed by atoms with Gasteiger partial charge in [0.05, 0.1) is 15.6 Å². The smallest absolute Gasteiger partial charge is 0.240 e. The molecule has 0 atom stereocenters. The SMILES string of the molecule is Cc1nc(CCNS(=O)(=O)c2cccc(C(N)=S)c2)cs1. The second-order valence-electron chi connectivity index (χ2n) is 4.40. The van der Waals surface area contributed by atoms with Gasteiger partial charge in [-0.3, -0.25) is 0 Å². The monoisotopic (exact) mass is 341 g/mol. The lowest BCUT2D eigenvalue weighted by atomic mass is 10.2. The zero-order valence-electron chi connectivity index (χ0n) is 11.4. The molecule has 2 rings (SSSR count). The van der Waals surface area contributed by atoms with Crippen LogP contribution in [0.3, 0.4) is 0 Å². The second kappa shape index (κ2) is 6.61. The van der Waals surface area contributed by atoms with Gasteiger partial charge in [-0.05, 0) is 19.1 Å². The van der Waals surface area contributed by atoms with Crippen LogP contribution in [0, 0.1) is 6.92 Å². The molecule has 0 amide bonds. The molecule has 0 aliphatic carbocycles. The van der Waals surface area contributed by atoms with Gasteiger partial charge in [-0.25, -0.2) is 18.1 Å². The van der Waals surface area contributed by atoms with Gasteiger partial charge in [0, 0.05) is 23.9 Å². The van der Waals surface area contributed by atoms with Crippen molar-refractivity contribution < 1.29 is 8.42 Å². The highest BCUT2D eigenvalue weighted by Gasteiger charge is 2.14. The third kappa shape index (κ3) is 4.31. The van der Waals surface area contributed by atoms with E-state index >= 15 is 0 Å². The average molecular weight is 341 g/mol. The minimum Gasteiger partial charge on any atom is -0.389 e. The van der Waals surface area contributed by atoms with Crippen molar-refractivity contribution in [3.8, 4) is 0 Å². The number of hydrogen-bond donors (Lipinski definition) is 2. The molecule has 0 aliphatic heterocycles. The largest absolute Gasteiger partial charge is 0.389 e. The number of aromatic nitrogens is 1. The minimum atomic E-state index is -3.57. The van der Waals surface area contributed by atoms with E-state index in [2.05, 4.69) is 9.71 Å². The number of rotatable bonds is 6. The van der Waals surface area contributed by atoms with Crippen LogP contribution < -0.4 is 10.5 Å². The van der Waals surface area contributed by atoms with Gasteiger partial charge < -0.3 is 5.73 Å². The minimum absolute atomic E-state index is 0.155. The molecule has 0 saturated heterocycles. The van der Waals surface area contributed by atoms with Gasteiger partial charge >= 0.3 is 0 Å². The van der Waals surface area contributed by atoms with E-state index in [1.807, 2.05) is 12.3 Å². The third-order valence-electron chi connectivity index (χ3n) is 2.77. The lowest BCUT2D eigenvalue weighted by Crippen LogP contribution is -2.26. The Kier molecular flexibility index (Phi) is 5.04. The fraction of sp³-hybridized carbons (Fsp3) is 0.231. The number of nitrogens with two attached hydrogens (primary N) is 1. The molecule has 5 nitrogen and oxygen atoms in total. The number of thiocarbonyl (C=S) groups is 1. The van der Waals surface area contributed by atoms with Crippen LogP contribution in [0.1, 0.15) is 16.3 Å². The highest BCUT2D eigenvalue weighted by molar-refractivity contribution is 7.89. The summed E-state index contributed by atoms with van der Waals surface area (Å²) in [4.78, 5) is 4.62. The van der Waals surface area contributed by atoms with Crippen molar-refractivity contribution in [3.05, 3.63) is 45.9 Å². The van der Waals surface area contributed by atoms with Crippen molar-refractivity contribution in [2.24, 2.45) is 5.73 Å². The molecule has 3 N–H and O–H groups in total. The number of nitrogens with one attached hydrogen (secondary N) is 1. The van der Waals surface area contributed by atoms with Gasteiger partial charge in [0.1, 0.15) is 4.99 Å². The highest BCUT2D eigenvalue weighted by Crippen LogP contribution is 2.12. The zero-order valence-corrected chi connectivity index (χ0v) is 13.8. The number of aryl methyl sites for hydroxylation is 1. The Bertz CT molecular complexity index is 754. The van der Waals surface area contributed by atoms with Gasteiger partial charge in [-0.15, -0.1) is 11.3 Å². The van der Waals surface area contributed by atoms with Crippen LogP contribution >= 0.6 is 23.6 Å². The molecule has 0 fully saturated rings. The number of benzene rings is 1. The molecule has 1 aromatic carbocycles. The fourth-order valence-corrected chi connectivity index (χ4v) is 3.59. The van der Waals surface area contributed by atoms with Crippen LogP contribution in [0.15, 0.2) is 34.5 Å². The van der Waals surface area contributed by atoms with E-state index in [1.54, 1.807) is 23.5 Å². The summed E-state index contributed by atoms with van der Waals surface area (Å²) >= 11 is 6.40. The molecule has 21 heavy (non-hydrogen) atoms. The fourth-order valence-electron chi connectivity index (χ4n) is 1.74. The van der Waals surface area contributed by atoms with Gasteiger partial charge in [0.15, 0.2) is 0 Å². The van der Waals surface area contributed by atoms with Crippen molar-refractivity contribution >= 4 is 38.6 Å². The van der Waals surface area contributed by atoms with E-state index in [9.17, 15) is 8.42 Å². The summed E-state index contributed by atoms with van der Waals surface area (Å²) in [5.74, 6) is 0. The molecule has 0 bridgehead atoms. The van der Waals surface area contributed by atoms with Gasteiger partial charge in [0.2, 0.25) is 10.0 Å². The molecule has 0 saturated carbocycles. The number of sulfonamides is 1. The van der Waals surface area contributed by atoms with E-state index in [0.717, 1.165) is 10.7 Å². The molecule has 8 heteroatoms.